The average molecular weight is 320 g/mol. The van der Waals surface area contributed by atoms with Crippen LogP contribution in [0.15, 0.2) is 54.6 Å². The van der Waals surface area contributed by atoms with Crippen LogP contribution >= 0.6 is 12.4 Å². The third-order valence-corrected chi connectivity index (χ3v) is 3.58. The zero-order valence-corrected chi connectivity index (χ0v) is 14.1. The van der Waals surface area contributed by atoms with Gasteiger partial charge in [-0.1, -0.05) is 48.5 Å². The summed E-state index contributed by atoms with van der Waals surface area (Å²) in [4.78, 5) is 0. The van der Waals surface area contributed by atoms with Gasteiger partial charge in [0.2, 0.25) is 0 Å². The summed E-state index contributed by atoms with van der Waals surface area (Å²) < 4.78 is 5.94. The molecule has 0 unspecified atom stereocenters. The van der Waals surface area contributed by atoms with E-state index in [1.54, 1.807) is 0 Å². The standard InChI is InChI=1S/C19H25NO.ClH/c1-20-15-7-8-16-21-19-12-6-5-11-18(19)14-13-17-9-3-2-4-10-17;/h2-6,9-12,20H,7-8,13-16H2,1H3;1H. The summed E-state index contributed by atoms with van der Waals surface area (Å²) in [6.45, 7) is 1.85. The quantitative estimate of drug-likeness (QED) is 0.697. The van der Waals surface area contributed by atoms with E-state index < -0.39 is 0 Å². The molecule has 120 valence electrons. The van der Waals surface area contributed by atoms with Crippen LogP contribution in [0, 0.1) is 0 Å². The fourth-order valence-corrected chi connectivity index (χ4v) is 2.36. The van der Waals surface area contributed by atoms with Crippen molar-refractivity contribution in [2.24, 2.45) is 0 Å². The SMILES string of the molecule is CNCCCCOc1ccccc1CCc1ccccc1.Cl. The monoisotopic (exact) mass is 319 g/mol. The van der Waals surface area contributed by atoms with Crippen molar-refractivity contribution in [2.45, 2.75) is 25.7 Å². The number of benzene rings is 2. The number of nitrogens with one attached hydrogen (secondary N) is 1. The molecule has 0 aliphatic carbocycles. The Morgan fingerprint density at radius 2 is 1.59 bits per heavy atom. The summed E-state index contributed by atoms with van der Waals surface area (Å²) in [5, 5.41) is 3.16. The van der Waals surface area contributed by atoms with E-state index in [0.717, 1.165) is 44.6 Å². The number of hydrogen-bond donors (Lipinski definition) is 1. The minimum Gasteiger partial charge on any atom is -0.493 e. The van der Waals surface area contributed by atoms with Crippen molar-refractivity contribution in [1.82, 2.24) is 5.32 Å². The van der Waals surface area contributed by atoms with Gasteiger partial charge in [-0.25, -0.2) is 0 Å². The maximum atomic E-state index is 5.94. The Balaban J connectivity index is 0.00000242. The van der Waals surface area contributed by atoms with Gasteiger partial charge in [0.25, 0.3) is 0 Å². The zero-order valence-electron chi connectivity index (χ0n) is 13.3. The third kappa shape index (κ3) is 6.50. The van der Waals surface area contributed by atoms with Crippen molar-refractivity contribution >= 4 is 12.4 Å². The molecule has 0 atom stereocenters. The molecule has 0 heterocycles. The molecule has 0 bridgehead atoms. The second-order valence-corrected chi connectivity index (χ2v) is 5.25. The lowest BCUT2D eigenvalue weighted by Crippen LogP contribution is -2.09. The van der Waals surface area contributed by atoms with Crippen LogP contribution in [0.1, 0.15) is 24.0 Å². The van der Waals surface area contributed by atoms with Gasteiger partial charge in [-0.3, -0.25) is 0 Å². The molecule has 0 aromatic heterocycles. The maximum absolute atomic E-state index is 5.94. The van der Waals surface area contributed by atoms with E-state index in [4.69, 9.17) is 4.74 Å². The highest BCUT2D eigenvalue weighted by atomic mass is 35.5. The van der Waals surface area contributed by atoms with Gasteiger partial charge < -0.3 is 10.1 Å². The predicted octanol–water partition coefficient (Wildman–Crippen LogP) is 4.27. The molecule has 0 aliphatic heterocycles. The Labute approximate surface area is 140 Å². The first-order valence-electron chi connectivity index (χ1n) is 7.79. The van der Waals surface area contributed by atoms with Crippen LogP contribution < -0.4 is 10.1 Å². The summed E-state index contributed by atoms with van der Waals surface area (Å²) in [5.41, 5.74) is 2.68. The second-order valence-electron chi connectivity index (χ2n) is 5.25. The largest absolute Gasteiger partial charge is 0.493 e. The number of rotatable bonds is 9. The molecule has 0 aliphatic rings. The fourth-order valence-electron chi connectivity index (χ4n) is 2.36. The van der Waals surface area contributed by atoms with Gasteiger partial charge in [-0.2, -0.15) is 0 Å². The van der Waals surface area contributed by atoms with Gasteiger partial charge >= 0.3 is 0 Å². The zero-order chi connectivity index (χ0) is 14.8. The van der Waals surface area contributed by atoms with E-state index in [1.807, 2.05) is 7.05 Å². The van der Waals surface area contributed by atoms with Gasteiger partial charge in [-0.05, 0) is 56.5 Å². The van der Waals surface area contributed by atoms with E-state index in [0.29, 0.717) is 0 Å². The molecular formula is C19H26ClNO. The first-order valence-corrected chi connectivity index (χ1v) is 7.79. The summed E-state index contributed by atoms with van der Waals surface area (Å²) in [6, 6.07) is 19.0. The highest BCUT2D eigenvalue weighted by Crippen LogP contribution is 2.20. The minimum absolute atomic E-state index is 0. The Kier molecular flexibility index (Phi) is 9.36. The molecule has 0 radical (unpaired) electrons. The molecule has 0 spiro atoms. The van der Waals surface area contributed by atoms with Crippen LogP contribution in [0.25, 0.3) is 0 Å². The summed E-state index contributed by atoms with van der Waals surface area (Å²) >= 11 is 0. The summed E-state index contributed by atoms with van der Waals surface area (Å²) in [6.07, 6.45) is 4.33. The maximum Gasteiger partial charge on any atom is 0.122 e. The normalized spacial score (nSPS) is 10.0. The van der Waals surface area contributed by atoms with Crippen LogP contribution in [-0.2, 0) is 12.8 Å². The van der Waals surface area contributed by atoms with E-state index in [1.165, 1.54) is 11.1 Å². The number of hydrogen-bond acceptors (Lipinski definition) is 2. The number of aryl methyl sites for hydroxylation is 2. The molecule has 22 heavy (non-hydrogen) atoms. The number of para-hydroxylation sites is 1. The molecule has 2 aromatic rings. The Bertz CT molecular complexity index is 516. The van der Waals surface area contributed by atoms with Crippen LogP contribution in [-0.4, -0.2) is 20.2 Å². The average Bonchev–Trinajstić information content (AvgIpc) is 2.55. The first-order chi connectivity index (χ1) is 10.4. The molecular weight excluding hydrogens is 294 g/mol. The lowest BCUT2D eigenvalue weighted by Gasteiger charge is -2.11. The lowest BCUT2D eigenvalue weighted by molar-refractivity contribution is 0.303. The Hall–Kier alpha value is -1.51. The first kappa shape index (κ1) is 18.5. The number of ether oxygens (including phenoxy) is 1. The topological polar surface area (TPSA) is 21.3 Å². The van der Waals surface area contributed by atoms with Crippen LogP contribution in [0.5, 0.6) is 5.75 Å². The predicted molar refractivity (Wildman–Crippen MR) is 96.2 cm³/mol. The molecule has 2 nitrogen and oxygen atoms in total. The molecule has 3 heteroatoms. The molecule has 0 amide bonds. The van der Waals surface area contributed by atoms with E-state index in [-0.39, 0.29) is 12.4 Å². The molecule has 0 saturated heterocycles. The molecule has 0 fully saturated rings. The summed E-state index contributed by atoms with van der Waals surface area (Å²) in [5.74, 6) is 1.04. The number of unbranched alkanes of at least 4 members (excludes halogenated alkanes) is 1. The van der Waals surface area contributed by atoms with Gasteiger partial charge in [0.1, 0.15) is 5.75 Å². The van der Waals surface area contributed by atoms with Crippen LogP contribution in [0.3, 0.4) is 0 Å². The van der Waals surface area contributed by atoms with Gasteiger partial charge in [0.15, 0.2) is 0 Å². The highest BCUT2D eigenvalue weighted by Gasteiger charge is 2.03. The molecule has 1 N–H and O–H groups in total. The Morgan fingerprint density at radius 1 is 0.864 bits per heavy atom. The third-order valence-electron chi connectivity index (χ3n) is 3.58. The van der Waals surface area contributed by atoms with Gasteiger partial charge in [-0.15, -0.1) is 12.4 Å². The van der Waals surface area contributed by atoms with E-state index in [2.05, 4.69) is 59.9 Å². The summed E-state index contributed by atoms with van der Waals surface area (Å²) in [7, 11) is 1.99. The van der Waals surface area contributed by atoms with Crippen molar-refractivity contribution < 1.29 is 4.74 Å². The lowest BCUT2D eigenvalue weighted by atomic mass is 10.0. The molecule has 0 saturated carbocycles. The number of halogens is 1. The van der Waals surface area contributed by atoms with Crippen LogP contribution in [0.4, 0.5) is 0 Å². The van der Waals surface area contributed by atoms with E-state index >= 15 is 0 Å². The van der Waals surface area contributed by atoms with Gasteiger partial charge in [0, 0.05) is 0 Å². The van der Waals surface area contributed by atoms with E-state index in [9.17, 15) is 0 Å². The van der Waals surface area contributed by atoms with Crippen molar-refractivity contribution in [3.63, 3.8) is 0 Å². The van der Waals surface area contributed by atoms with Crippen LogP contribution in [0.2, 0.25) is 0 Å². The molecule has 2 aromatic carbocycles. The van der Waals surface area contributed by atoms with Crippen molar-refractivity contribution in [3.8, 4) is 5.75 Å². The van der Waals surface area contributed by atoms with Gasteiger partial charge in [0.05, 0.1) is 6.61 Å². The second kappa shape index (κ2) is 11.1. The van der Waals surface area contributed by atoms with Crippen molar-refractivity contribution in [2.75, 3.05) is 20.2 Å². The fraction of sp³-hybridized carbons (Fsp3) is 0.368. The highest BCUT2D eigenvalue weighted by molar-refractivity contribution is 5.85. The van der Waals surface area contributed by atoms with Crippen molar-refractivity contribution in [3.05, 3.63) is 65.7 Å². The minimum atomic E-state index is 0. The smallest absolute Gasteiger partial charge is 0.122 e. The Morgan fingerprint density at radius 3 is 2.36 bits per heavy atom. The van der Waals surface area contributed by atoms with Crippen molar-refractivity contribution in [1.29, 1.82) is 0 Å². The molecule has 2 rings (SSSR count).